The summed E-state index contributed by atoms with van der Waals surface area (Å²) in [5, 5.41) is 12.2. The first-order valence-corrected chi connectivity index (χ1v) is 10.2. The van der Waals surface area contributed by atoms with E-state index >= 15 is 0 Å². The Morgan fingerprint density at radius 2 is 1.21 bits per heavy atom. The van der Waals surface area contributed by atoms with Crippen molar-refractivity contribution in [3.63, 3.8) is 0 Å². The maximum absolute atomic E-state index is 14.4. The lowest BCUT2D eigenvalue weighted by Gasteiger charge is -2.45. The van der Waals surface area contributed by atoms with Gasteiger partial charge in [0.25, 0.3) is 8.32 Å². The Labute approximate surface area is 145 Å². The number of aliphatic hydroxyl groups excluding tert-OH is 1. The molecule has 2 rings (SSSR count). The molecule has 0 saturated carbocycles. The van der Waals surface area contributed by atoms with E-state index in [1.54, 1.807) is 0 Å². The van der Waals surface area contributed by atoms with Gasteiger partial charge in [-0.25, -0.2) is 4.39 Å². The van der Waals surface area contributed by atoms with Crippen LogP contribution >= 0.6 is 0 Å². The van der Waals surface area contributed by atoms with E-state index in [1.165, 1.54) is 13.8 Å². The minimum Gasteiger partial charge on any atom is -0.380 e. The molecule has 1 N–H and O–H groups in total. The van der Waals surface area contributed by atoms with Gasteiger partial charge in [0.1, 0.15) is 0 Å². The van der Waals surface area contributed by atoms with Crippen LogP contribution in [0.25, 0.3) is 0 Å². The van der Waals surface area contributed by atoms with Gasteiger partial charge in [-0.1, -0.05) is 81.4 Å². The molecule has 1 unspecified atom stereocenters. The summed E-state index contributed by atoms with van der Waals surface area (Å²) in [6.07, 6.45) is -1.50. The second kappa shape index (κ2) is 6.79. The SMILES string of the molecule is CC(C)(F)C(O)O[Si](c1ccccc1)(c1ccccc1)C(C)(C)C. The summed E-state index contributed by atoms with van der Waals surface area (Å²) in [5.74, 6) is 0. The van der Waals surface area contributed by atoms with Gasteiger partial charge in [0, 0.05) is 0 Å². The number of halogens is 1. The molecule has 0 radical (unpaired) electrons. The van der Waals surface area contributed by atoms with Crippen molar-refractivity contribution in [3.05, 3.63) is 60.7 Å². The summed E-state index contributed by atoms with van der Waals surface area (Å²) in [7, 11) is -2.91. The fourth-order valence-corrected chi connectivity index (χ4v) is 7.63. The van der Waals surface area contributed by atoms with Crippen LogP contribution in [0.2, 0.25) is 5.04 Å². The van der Waals surface area contributed by atoms with Crippen molar-refractivity contribution >= 4 is 18.7 Å². The van der Waals surface area contributed by atoms with Crippen molar-refractivity contribution in [3.8, 4) is 0 Å². The highest BCUT2D eigenvalue weighted by atomic mass is 28.4. The number of hydrogen-bond donors (Lipinski definition) is 1. The fraction of sp³-hybridized carbons (Fsp3) is 0.400. The second-order valence-electron chi connectivity index (χ2n) is 7.70. The molecule has 0 spiro atoms. The van der Waals surface area contributed by atoms with Crippen molar-refractivity contribution in [2.45, 2.75) is 51.6 Å². The third-order valence-corrected chi connectivity index (χ3v) is 9.27. The van der Waals surface area contributed by atoms with Crippen molar-refractivity contribution in [1.82, 2.24) is 0 Å². The van der Waals surface area contributed by atoms with Crippen molar-refractivity contribution in [2.75, 3.05) is 0 Å². The predicted octanol–water partition coefficient (Wildman–Crippen LogP) is 3.63. The van der Waals surface area contributed by atoms with Gasteiger partial charge >= 0.3 is 0 Å². The molecule has 1 atom stereocenters. The van der Waals surface area contributed by atoms with Crippen LogP contribution < -0.4 is 10.4 Å². The Balaban J connectivity index is 2.71. The molecule has 0 aliphatic heterocycles. The molecule has 0 heterocycles. The summed E-state index contributed by atoms with van der Waals surface area (Å²) >= 11 is 0. The quantitative estimate of drug-likeness (QED) is 0.662. The molecule has 0 aliphatic carbocycles. The van der Waals surface area contributed by atoms with Gasteiger partial charge in [-0.15, -0.1) is 0 Å². The zero-order chi connectivity index (χ0) is 18.0. The molecule has 2 aromatic rings. The number of rotatable bonds is 5. The minimum atomic E-state index is -2.91. The van der Waals surface area contributed by atoms with Crippen LogP contribution in [-0.4, -0.2) is 25.4 Å². The Kier molecular flexibility index (Phi) is 5.33. The lowest BCUT2D eigenvalue weighted by atomic mass is 10.2. The Hall–Kier alpha value is -1.49. The highest BCUT2D eigenvalue weighted by Crippen LogP contribution is 2.38. The normalized spacial score (nSPS) is 14.5. The van der Waals surface area contributed by atoms with Gasteiger partial charge in [-0.3, -0.25) is 0 Å². The van der Waals surface area contributed by atoms with Gasteiger partial charge in [-0.2, -0.15) is 0 Å². The van der Waals surface area contributed by atoms with E-state index in [9.17, 15) is 9.50 Å². The van der Waals surface area contributed by atoms with E-state index in [4.69, 9.17) is 4.43 Å². The average molecular weight is 347 g/mol. The Bertz CT molecular complexity index is 605. The molecule has 0 amide bonds. The van der Waals surface area contributed by atoms with Gasteiger partial charge < -0.3 is 9.53 Å². The summed E-state index contributed by atoms with van der Waals surface area (Å²) in [5.41, 5.74) is -1.84. The number of hydrogen-bond acceptors (Lipinski definition) is 2. The first kappa shape index (κ1) is 18.8. The van der Waals surface area contributed by atoms with E-state index in [0.29, 0.717) is 0 Å². The Morgan fingerprint density at radius 3 is 1.50 bits per heavy atom. The summed E-state index contributed by atoms with van der Waals surface area (Å²) in [6.45, 7) is 8.97. The van der Waals surface area contributed by atoms with Crippen molar-refractivity contribution < 1.29 is 13.9 Å². The van der Waals surface area contributed by atoms with E-state index in [0.717, 1.165) is 10.4 Å². The number of aliphatic hydroxyl groups is 1. The molecular formula is C20H27FO2Si. The van der Waals surface area contributed by atoms with Crippen LogP contribution in [0.1, 0.15) is 34.6 Å². The van der Waals surface area contributed by atoms with E-state index in [2.05, 4.69) is 20.8 Å². The lowest BCUT2D eigenvalue weighted by Crippen LogP contribution is -2.68. The molecule has 4 heteroatoms. The minimum absolute atomic E-state index is 0.290. The third kappa shape index (κ3) is 3.61. The van der Waals surface area contributed by atoms with E-state index < -0.39 is 20.3 Å². The summed E-state index contributed by atoms with van der Waals surface area (Å²) < 4.78 is 20.6. The monoisotopic (exact) mass is 346 g/mol. The zero-order valence-electron chi connectivity index (χ0n) is 15.1. The zero-order valence-corrected chi connectivity index (χ0v) is 16.1. The van der Waals surface area contributed by atoms with Gasteiger partial charge in [-0.05, 0) is 29.3 Å². The van der Waals surface area contributed by atoms with Crippen LogP contribution in [-0.2, 0) is 4.43 Å². The second-order valence-corrected chi connectivity index (χ2v) is 12.0. The average Bonchev–Trinajstić information content (AvgIpc) is 2.52. The van der Waals surface area contributed by atoms with Crippen molar-refractivity contribution in [2.24, 2.45) is 0 Å². The van der Waals surface area contributed by atoms with Gasteiger partial charge in [0.05, 0.1) is 0 Å². The first-order valence-electron chi connectivity index (χ1n) is 8.25. The summed E-state index contributed by atoms with van der Waals surface area (Å²) in [6, 6.07) is 19.8. The van der Waals surface area contributed by atoms with Crippen LogP contribution in [0.15, 0.2) is 60.7 Å². The standard InChI is InChI=1S/C20H27FO2Si/c1-19(2,3)24(16-12-8-6-9-13-16,17-14-10-7-11-15-17)23-18(22)20(4,5)21/h6-15,18,22H,1-5H3. The molecule has 0 aliphatic rings. The fourth-order valence-electron chi connectivity index (χ4n) is 3.00. The van der Waals surface area contributed by atoms with Crippen LogP contribution in [0.4, 0.5) is 4.39 Å². The van der Waals surface area contributed by atoms with Crippen molar-refractivity contribution in [1.29, 1.82) is 0 Å². The molecule has 24 heavy (non-hydrogen) atoms. The highest BCUT2D eigenvalue weighted by molar-refractivity contribution is 6.99. The highest BCUT2D eigenvalue weighted by Gasteiger charge is 2.53. The van der Waals surface area contributed by atoms with E-state index in [-0.39, 0.29) is 5.04 Å². The lowest BCUT2D eigenvalue weighted by molar-refractivity contribution is -0.119. The third-order valence-electron chi connectivity index (χ3n) is 4.29. The van der Waals surface area contributed by atoms with Crippen LogP contribution in [0, 0.1) is 0 Å². The van der Waals surface area contributed by atoms with E-state index in [1.807, 2.05) is 60.7 Å². The number of benzene rings is 2. The maximum atomic E-state index is 14.4. The topological polar surface area (TPSA) is 29.5 Å². The van der Waals surface area contributed by atoms with Crippen LogP contribution in [0.3, 0.4) is 0 Å². The number of alkyl halides is 1. The molecule has 130 valence electrons. The molecule has 0 fully saturated rings. The molecule has 2 nitrogen and oxygen atoms in total. The Morgan fingerprint density at radius 1 is 0.833 bits per heavy atom. The largest absolute Gasteiger partial charge is 0.380 e. The molecule has 0 bridgehead atoms. The molecule has 2 aromatic carbocycles. The first-order chi connectivity index (χ1) is 11.1. The molecule has 0 saturated heterocycles. The van der Waals surface area contributed by atoms with Gasteiger partial charge in [0.2, 0.25) is 0 Å². The molecular weight excluding hydrogens is 319 g/mol. The summed E-state index contributed by atoms with van der Waals surface area (Å²) in [4.78, 5) is 0. The van der Waals surface area contributed by atoms with Gasteiger partial charge in [0.15, 0.2) is 12.0 Å². The maximum Gasteiger partial charge on any atom is 0.264 e. The van der Waals surface area contributed by atoms with Crippen LogP contribution in [0.5, 0.6) is 0 Å². The predicted molar refractivity (Wildman–Crippen MR) is 99.9 cm³/mol. The molecule has 0 aromatic heterocycles. The smallest absolute Gasteiger partial charge is 0.264 e.